The van der Waals surface area contributed by atoms with Crippen LogP contribution in [-0.2, 0) is 28.5 Å². The first kappa shape index (κ1) is 24.3. The first-order valence-corrected chi connectivity index (χ1v) is 12.8. The van der Waals surface area contributed by atoms with E-state index in [0.717, 1.165) is 57.8 Å². The number of ketones is 2. The van der Waals surface area contributed by atoms with Crippen LogP contribution in [0.4, 0.5) is 0 Å². The number of unbranched alkanes of at least 4 members (excludes halogenated alkanes) is 2. The van der Waals surface area contributed by atoms with Gasteiger partial charge >= 0.3 is 0 Å². The molecule has 182 valence electrons. The lowest BCUT2D eigenvalue weighted by atomic mass is 9.81. The molecule has 0 spiro atoms. The van der Waals surface area contributed by atoms with Crippen molar-refractivity contribution in [2.45, 2.75) is 128 Å². The molecule has 2 saturated carbocycles. The second-order valence-corrected chi connectivity index (χ2v) is 11.4. The highest BCUT2D eigenvalue weighted by Crippen LogP contribution is 2.41. The molecule has 0 aromatic rings. The monoisotopic (exact) mass is 450 g/mol. The van der Waals surface area contributed by atoms with Crippen LogP contribution in [0.25, 0.3) is 0 Å². The van der Waals surface area contributed by atoms with E-state index < -0.39 is 11.2 Å². The van der Waals surface area contributed by atoms with Crippen LogP contribution in [-0.4, -0.2) is 60.4 Å². The van der Waals surface area contributed by atoms with Gasteiger partial charge in [0.1, 0.15) is 11.2 Å². The van der Waals surface area contributed by atoms with Gasteiger partial charge in [-0.2, -0.15) is 0 Å². The number of carbonyl (C=O) groups excluding carboxylic acids is 2. The zero-order chi connectivity index (χ0) is 22.9. The third-order valence-electron chi connectivity index (χ3n) is 7.94. The van der Waals surface area contributed by atoms with E-state index in [-0.39, 0.29) is 17.5 Å². The van der Waals surface area contributed by atoms with Gasteiger partial charge in [-0.1, -0.05) is 6.42 Å². The van der Waals surface area contributed by atoms with Crippen LogP contribution in [0, 0.1) is 11.8 Å². The van der Waals surface area contributed by atoms with Crippen molar-refractivity contribution >= 4 is 11.6 Å². The van der Waals surface area contributed by atoms with Crippen molar-refractivity contribution in [2.24, 2.45) is 11.8 Å². The van der Waals surface area contributed by atoms with Crippen LogP contribution in [0.15, 0.2) is 0 Å². The summed E-state index contributed by atoms with van der Waals surface area (Å²) < 4.78 is 23.2. The van der Waals surface area contributed by atoms with Crippen molar-refractivity contribution in [1.29, 1.82) is 0 Å². The van der Waals surface area contributed by atoms with Gasteiger partial charge in [-0.25, -0.2) is 0 Å². The largest absolute Gasteiger partial charge is 0.370 e. The van der Waals surface area contributed by atoms with Gasteiger partial charge in [-0.3, -0.25) is 9.59 Å². The summed E-state index contributed by atoms with van der Waals surface area (Å²) >= 11 is 0. The first-order valence-electron chi connectivity index (χ1n) is 12.8. The van der Waals surface area contributed by atoms with Crippen molar-refractivity contribution in [3.8, 4) is 0 Å². The minimum absolute atomic E-state index is 0.0699. The number of Topliss-reactive ketones (excluding diaryl/α,β-unsaturated/α-hetero) is 2. The fourth-order valence-corrected chi connectivity index (χ4v) is 5.44. The molecule has 32 heavy (non-hydrogen) atoms. The molecule has 2 saturated heterocycles. The Bertz CT molecular complexity index is 686. The molecule has 0 aromatic carbocycles. The molecular formula is C26H42O6. The fourth-order valence-electron chi connectivity index (χ4n) is 5.44. The number of hydrogen-bond donors (Lipinski definition) is 0. The molecule has 6 unspecified atom stereocenters. The summed E-state index contributed by atoms with van der Waals surface area (Å²) in [5.74, 6) is 0.965. The van der Waals surface area contributed by atoms with Crippen LogP contribution in [0.3, 0.4) is 0 Å². The average molecular weight is 451 g/mol. The molecule has 4 fully saturated rings. The zero-order valence-corrected chi connectivity index (χ0v) is 20.4. The predicted octanol–water partition coefficient (Wildman–Crippen LogP) is 4.41. The highest BCUT2D eigenvalue weighted by molar-refractivity contribution is 5.89. The number of hydrogen-bond acceptors (Lipinski definition) is 6. The van der Waals surface area contributed by atoms with Crippen LogP contribution in [0.5, 0.6) is 0 Å². The SMILES string of the molecule is CC(C)(OCC1CCC2OC2C1)C(=O)CCCCCOC(C)(C)C(=O)C1CCC2OC2C1. The molecule has 0 radical (unpaired) electrons. The van der Waals surface area contributed by atoms with E-state index in [1.165, 1.54) is 0 Å². The van der Waals surface area contributed by atoms with Crippen LogP contribution < -0.4 is 0 Å². The molecule has 0 N–H and O–H groups in total. The van der Waals surface area contributed by atoms with Gasteiger partial charge in [-0.15, -0.1) is 0 Å². The number of carbonyl (C=O) groups is 2. The quantitative estimate of drug-likeness (QED) is 0.306. The maximum Gasteiger partial charge on any atom is 0.167 e. The second kappa shape index (κ2) is 9.81. The van der Waals surface area contributed by atoms with E-state index >= 15 is 0 Å². The molecule has 0 bridgehead atoms. The summed E-state index contributed by atoms with van der Waals surface area (Å²) in [6.45, 7) is 8.77. The van der Waals surface area contributed by atoms with Crippen LogP contribution >= 0.6 is 0 Å². The fraction of sp³-hybridized carbons (Fsp3) is 0.923. The highest BCUT2D eigenvalue weighted by atomic mass is 16.6. The first-order chi connectivity index (χ1) is 15.2. The lowest BCUT2D eigenvalue weighted by molar-refractivity contribution is -0.145. The van der Waals surface area contributed by atoms with E-state index in [4.69, 9.17) is 18.9 Å². The molecule has 0 amide bonds. The van der Waals surface area contributed by atoms with Gasteiger partial charge in [0.15, 0.2) is 11.6 Å². The summed E-state index contributed by atoms with van der Waals surface area (Å²) in [5, 5.41) is 0. The topological polar surface area (TPSA) is 77.7 Å². The molecule has 2 heterocycles. The molecule has 6 atom stereocenters. The van der Waals surface area contributed by atoms with Gasteiger partial charge in [0, 0.05) is 18.9 Å². The zero-order valence-electron chi connectivity index (χ0n) is 20.4. The second-order valence-electron chi connectivity index (χ2n) is 11.4. The number of ether oxygens (including phenoxy) is 4. The molecule has 6 heteroatoms. The van der Waals surface area contributed by atoms with Crippen LogP contribution in [0.1, 0.15) is 91.9 Å². The third kappa shape index (κ3) is 6.19. The van der Waals surface area contributed by atoms with E-state index in [2.05, 4.69) is 0 Å². The average Bonchev–Trinajstić information content (AvgIpc) is 3.67. The predicted molar refractivity (Wildman–Crippen MR) is 121 cm³/mol. The van der Waals surface area contributed by atoms with Gasteiger partial charge in [0.05, 0.1) is 31.0 Å². The Balaban J connectivity index is 1.07. The Kier molecular flexibility index (Phi) is 7.45. The van der Waals surface area contributed by atoms with Crippen molar-refractivity contribution in [3.05, 3.63) is 0 Å². The smallest absolute Gasteiger partial charge is 0.167 e. The number of rotatable bonds is 13. The van der Waals surface area contributed by atoms with E-state index in [1.54, 1.807) is 0 Å². The maximum absolute atomic E-state index is 12.9. The molecule has 4 rings (SSSR count). The lowest BCUT2D eigenvalue weighted by Gasteiger charge is -2.29. The molecule has 2 aliphatic heterocycles. The third-order valence-corrected chi connectivity index (χ3v) is 7.94. The minimum Gasteiger partial charge on any atom is -0.370 e. The van der Waals surface area contributed by atoms with Crippen molar-refractivity contribution < 1.29 is 28.5 Å². The Hall–Kier alpha value is -0.820. The van der Waals surface area contributed by atoms with Gasteiger partial charge in [0.25, 0.3) is 0 Å². The molecular weight excluding hydrogens is 408 g/mol. The molecule has 2 aliphatic carbocycles. The minimum atomic E-state index is -0.747. The normalized spacial score (nSPS) is 33.9. The summed E-state index contributed by atoms with van der Waals surface area (Å²) in [5.41, 5.74) is -1.47. The van der Waals surface area contributed by atoms with Gasteiger partial charge in [-0.05, 0) is 85.0 Å². The standard InChI is InChI=1S/C26H42O6/c1-25(2,30-16-17-9-11-19-21(14-17)31-19)23(27)8-6-5-7-13-29-26(3,4)24(28)18-10-12-20-22(15-18)32-20/h17-22H,5-16H2,1-4H3. The summed E-state index contributed by atoms with van der Waals surface area (Å²) in [7, 11) is 0. The Morgan fingerprint density at radius 2 is 1.47 bits per heavy atom. The van der Waals surface area contributed by atoms with Crippen LogP contribution in [0.2, 0.25) is 0 Å². The lowest BCUT2D eigenvalue weighted by Crippen LogP contribution is -2.41. The van der Waals surface area contributed by atoms with E-state index in [1.807, 2.05) is 27.7 Å². The van der Waals surface area contributed by atoms with Crippen molar-refractivity contribution in [3.63, 3.8) is 0 Å². The highest BCUT2D eigenvalue weighted by Gasteiger charge is 2.48. The number of fused-ring (bicyclic) bond motifs is 2. The summed E-state index contributed by atoms with van der Waals surface area (Å²) in [4.78, 5) is 25.5. The molecule has 0 aromatic heterocycles. The molecule has 6 nitrogen and oxygen atoms in total. The molecule has 4 aliphatic rings. The number of epoxide rings is 2. The van der Waals surface area contributed by atoms with Crippen molar-refractivity contribution in [1.82, 2.24) is 0 Å². The summed E-state index contributed by atoms with van der Waals surface area (Å²) in [6, 6.07) is 0. The Labute approximate surface area is 193 Å². The van der Waals surface area contributed by atoms with Gasteiger partial charge < -0.3 is 18.9 Å². The maximum atomic E-state index is 12.9. The Morgan fingerprint density at radius 3 is 2.16 bits per heavy atom. The Morgan fingerprint density at radius 1 is 0.781 bits per heavy atom. The van der Waals surface area contributed by atoms with E-state index in [0.29, 0.717) is 50.0 Å². The summed E-state index contributed by atoms with van der Waals surface area (Å²) in [6.07, 6.45) is 10.9. The van der Waals surface area contributed by atoms with Gasteiger partial charge in [0.2, 0.25) is 0 Å². The van der Waals surface area contributed by atoms with E-state index in [9.17, 15) is 9.59 Å². The van der Waals surface area contributed by atoms with Crippen molar-refractivity contribution in [2.75, 3.05) is 13.2 Å².